The number of nitrogens with zero attached hydrogens (tertiary/aromatic N) is 1. The third-order valence-corrected chi connectivity index (χ3v) is 4.15. The van der Waals surface area contributed by atoms with E-state index in [2.05, 4.69) is 30.5 Å². The molecule has 124 valence electrons. The first kappa shape index (κ1) is 18.4. The van der Waals surface area contributed by atoms with Crippen molar-refractivity contribution in [2.45, 2.75) is 53.1 Å². The number of aryl methyl sites for hydroxylation is 1. The largest absolute Gasteiger partial charge is 0.411 e. The van der Waals surface area contributed by atoms with E-state index in [1.165, 1.54) is 19.0 Å². The van der Waals surface area contributed by atoms with Crippen LogP contribution in [-0.4, -0.2) is 22.3 Å². The van der Waals surface area contributed by atoms with Crippen molar-refractivity contribution in [3.05, 3.63) is 23.9 Å². The monoisotopic (exact) mass is 308 g/mol. The van der Waals surface area contributed by atoms with Gasteiger partial charge in [0.25, 0.3) is 0 Å². The summed E-state index contributed by atoms with van der Waals surface area (Å²) in [7, 11) is 0. The molecule has 0 saturated heterocycles. The maximum atomic E-state index is 10.3. The van der Waals surface area contributed by atoms with Crippen molar-refractivity contribution in [2.24, 2.45) is 23.5 Å². The Balaban J connectivity index is 0.000000220. The van der Waals surface area contributed by atoms with Crippen LogP contribution in [0.15, 0.2) is 18.3 Å². The van der Waals surface area contributed by atoms with Crippen LogP contribution in [0.5, 0.6) is 5.88 Å². The molecule has 1 aliphatic rings. The zero-order valence-electron chi connectivity index (χ0n) is 14.0. The van der Waals surface area contributed by atoms with Crippen molar-refractivity contribution in [3.8, 4) is 5.88 Å². The van der Waals surface area contributed by atoms with E-state index < -0.39 is 6.09 Å². The normalized spacial score (nSPS) is 24.4. The van der Waals surface area contributed by atoms with Crippen LogP contribution in [0.3, 0.4) is 0 Å². The molecule has 1 fully saturated rings. The number of nitrogens with two attached hydrogens (primary N) is 1. The molecule has 1 aromatic rings. The Kier molecular flexibility index (Phi) is 7.32. The molecule has 5 heteroatoms. The fourth-order valence-corrected chi connectivity index (χ4v) is 2.83. The molecule has 0 bridgehead atoms. The van der Waals surface area contributed by atoms with E-state index in [0.717, 1.165) is 17.9 Å². The van der Waals surface area contributed by atoms with Gasteiger partial charge in [-0.3, -0.25) is 0 Å². The van der Waals surface area contributed by atoms with Crippen LogP contribution in [0.4, 0.5) is 4.79 Å². The lowest BCUT2D eigenvalue weighted by Gasteiger charge is -2.33. The number of ether oxygens (including phenoxy) is 1. The molecule has 3 unspecified atom stereocenters. The molecule has 22 heavy (non-hydrogen) atoms. The van der Waals surface area contributed by atoms with Gasteiger partial charge in [-0.2, -0.15) is 0 Å². The number of amides is 1. The van der Waals surface area contributed by atoms with Crippen LogP contribution in [0.1, 0.15) is 45.6 Å². The van der Waals surface area contributed by atoms with E-state index in [1.807, 2.05) is 0 Å². The minimum atomic E-state index is -0.841. The maximum absolute atomic E-state index is 10.3. The molecule has 1 amide bonds. The van der Waals surface area contributed by atoms with Gasteiger partial charge < -0.3 is 15.6 Å². The van der Waals surface area contributed by atoms with Crippen LogP contribution in [-0.2, 0) is 0 Å². The van der Waals surface area contributed by atoms with Crippen LogP contribution >= 0.6 is 0 Å². The summed E-state index contributed by atoms with van der Waals surface area (Å²) in [4.78, 5) is 14.1. The quantitative estimate of drug-likeness (QED) is 0.878. The van der Waals surface area contributed by atoms with Gasteiger partial charge in [0, 0.05) is 11.8 Å². The third kappa shape index (κ3) is 6.02. The summed E-state index contributed by atoms with van der Waals surface area (Å²) in [5, 5.41) is 9.71. The van der Waals surface area contributed by atoms with Crippen molar-refractivity contribution in [1.29, 1.82) is 0 Å². The molecule has 0 spiro atoms. The van der Waals surface area contributed by atoms with E-state index in [9.17, 15) is 9.90 Å². The van der Waals surface area contributed by atoms with E-state index in [0.29, 0.717) is 11.8 Å². The van der Waals surface area contributed by atoms with Gasteiger partial charge in [0.2, 0.25) is 5.88 Å². The van der Waals surface area contributed by atoms with Crippen molar-refractivity contribution in [1.82, 2.24) is 4.98 Å². The number of pyridine rings is 1. The van der Waals surface area contributed by atoms with E-state index in [1.54, 1.807) is 19.1 Å². The summed E-state index contributed by atoms with van der Waals surface area (Å²) in [5.74, 6) is 2.21. The Morgan fingerprint density at radius 2 is 2.14 bits per heavy atom. The van der Waals surface area contributed by atoms with Crippen molar-refractivity contribution < 1.29 is 14.6 Å². The molecule has 3 N–H and O–H groups in total. The standard InChI is InChI=1S/C10H20O.C7H8N2O2/c1-7(2)9-5-4-8(3)6-10(9)11;1-5-3-2-4-9-6(5)11-7(8)10/h7-11H,4-6H2,1-3H3;2-4H,1H3,(H2,8,10). The van der Waals surface area contributed by atoms with Crippen LogP contribution < -0.4 is 10.5 Å². The number of hydrogen-bond acceptors (Lipinski definition) is 4. The molecular weight excluding hydrogens is 280 g/mol. The number of hydrogen-bond donors (Lipinski definition) is 2. The topological polar surface area (TPSA) is 85.4 Å². The minimum Gasteiger partial charge on any atom is -0.393 e. The Bertz CT molecular complexity index is 477. The molecule has 2 rings (SSSR count). The summed E-state index contributed by atoms with van der Waals surface area (Å²) in [6.07, 6.45) is 4.21. The number of aliphatic hydroxyl groups excluding tert-OH is 1. The van der Waals surface area contributed by atoms with E-state index in [-0.39, 0.29) is 12.0 Å². The molecule has 1 aromatic heterocycles. The van der Waals surface area contributed by atoms with Gasteiger partial charge in [0.05, 0.1) is 6.10 Å². The molecular formula is C17H28N2O3. The van der Waals surface area contributed by atoms with Gasteiger partial charge in [-0.1, -0.05) is 33.3 Å². The predicted octanol–water partition coefficient (Wildman–Crippen LogP) is 3.29. The highest BCUT2D eigenvalue weighted by Gasteiger charge is 2.28. The van der Waals surface area contributed by atoms with Crippen LogP contribution in [0.25, 0.3) is 0 Å². The minimum absolute atomic E-state index is 0.0289. The molecule has 0 radical (unpaired) electrons. The number of carbonyl (C=O) groups excluding carboxylic acids is 1. The first-order valence-corrected chi connectivity index (χ1v) is 7.88. The zero-order chi connectivity index (χ0) is 16.7. The molecule has 0 aliphatic heterocycles. The predicted molar refractivity (Wildman–Crippen MR) is 86.5 cm³/mol. The fraction of sp³-hybridized carbons (Fsp3) is 0.647. The van der Waals surface area contributed by atoms with Crippen molar-refractivity contribution >= 4 is 6.09 Å². The van der Waals surface area contributed by atoms with Crippen LogP contribution in [0, 0.1) is 24.7 Å². The smallest absolute Gasteiger partial charge is 0.393 e. The zero-order valence-corrected chi connectivity index (χ0v) is 14.0. The lowest BCUT2D eigenvalue weighted by molar-refractivity contribution is 0.0266. The van der Waals surface area contributed by atoms with Gasteiger partial charge in [-0.05, 0) is 43.6 Å². The van der Waals surface area contributed by atoms with Gasteiger partial charge in [0.15, 0.2) is 0 Å². The summed E-state index contributed by atoms with van der Waals surface area (Å²) < 4.78 is 4.57. The number of aliphatic hydroxyl groups is 1. The van der Waals surface area contributed by atoms with Crippen molar-refractivity contribution in [3.63, 3.8) is 0 Å². The summed E-state index contributed by atoms with van der Waals surface area (Å²) in [5.41, 5.74) is 5.58. The number of primary amides is 1. The number of carbonyl (C=O) groups is 1. The average Bonchev–Trinajstić information content (AvgIpc) is 2.41. The lowest BCUT2D eigenvalue weighted by Crippen LogP contribution is -2.31. The second-order valence-corrected chi connectivity index (χ2v) is 6.44. The van der Waals surface area contributed by atoms with E-state index in [4.69, 9.17) is 5.73 Å². The highest BCUT2D eigenvalue weighted by molar-refractivity contribution is 5.67. The van der Waals surface area contributed by atoms with Gasteiger partial charge >= 0.3 is 6.09 Å². The van der Waals surface area contributed by atoms with Gasteiger partial charge in [-0.25, -0.2) is 9.78 Å². The van der Waals surface area contributed by atoms with Crippen LogP contribution in [0.2, 0.25) is 0 Å². The summed E-state index contributed by atoms with van der Waals surface area (Å²) in [6, 6.07) is 3.54. The number of aromatic nitrogens is 1. The molecule has 0 aromatic carbocycles. The molecule has 1 saturated carbocycles. The Morgan fingerprint density at radius 3 is 2.64 bits per heavy atom. The maximum Gasteiger partial charge on any atom is 0.411 e. The second-order valence-electron chi connectivity index (χ2n) is 6.44. The summed E-state index contributed by atoms with van der Waals surface area (Å²) in [6.45, 7) is 8.44. The Morgan fingerprint density at radius 1 is 1.45 bits per heavy atom. The fourth-order valence-electron chi connectivity index (χ4n) is 2.83. The lowest BCUT2D eigenvalue weighted by atomic mass is 9.75. The number of rotatable bonds is 2. The highest BCUT2D eigenvalue weighted by atomic mass is 16.6. The van der Waals surface area contributed by atoms with Gasteiger partial charge in [-0.15, -0.1) is 0 Å². The Labute approximate surface area is 132 Å². The molecule has 1 heterocycles. The molecule has 5 nitrogen and oxygen atoms in total. The van der Waals surface area contributed by atoms with Gasteiger partial charge in [0.1, 0.15) is 0 Å². The highest BCUT2D eigenvalue weighted by Crippen LogP contribution is 2.33. The first-order valence-electron chi connectivity index (χ1n) is 7.88. The molecule has 1 aliphatic carbocycles. The summed E-state index contributed by atoms with van der Waals surface area (Å²) >= 11 is 0. The van der Waals surface area contributed by atoms with E-state index >= 15 is 0 Å². The Hall–Kier alpha value is -1.62. The third-order valence-electron chi connectivity index (χ3n) is 4.15. The SMILES string of the molecule is CC1CCC(C(C)C)C(O)C1.Cc1cccnc1OC(N)=O. The van der Waals surface area contributed by atoms with Crippen molar-refractivity contribution in [2.75, 3.05) is 0 Å². The average molecular weight is 308 g/mol. The first-order chi connectivity index (χ1) is 10.3. The molecule has 3 atom stereocenters. The second kappa shape index (κ2) is 8.73.